The van der Waals surface area contributed by atoms with Crippen molar-refractivity contribution >= 4 is 0 Å². The molecule has 0 aliphatic carbocycles. The number of benzene rings is 3. The van der Waals surface area contributed by atoms with Gasteiger partial charge in [-0.15, -0.1) is 9.13 Å². The predicted octanol–water partition coefficient (Wildman–Crippen LogP) is 5.50. The highest BCUT2D eigenvalue weighted by Crippen LogP contribution is 2.43. The minimum Gasteiger partial charge on any atom is -0.112 e. The molecular formula is C32H22N2+2. The molecule has 2 aliphatic heterocycles. The lowest BCUT2D eigenvalue weighted by Gasteiger charge is -2.10. The fourth-order valence-electron chi connectivity index (χ4n) is 5.41. The monoisotopic (exact) mass is 434 g/mol. The van der Waals surface area contributed by atoms with E-state index in [-0.39, 0.29) is 0 Å². The maximum absolute atomic E-state index is 3.72. The molecular weight excluding hydrogens is 412 g/mol. The van der Waals surface area contributed by atoms with Gasteiger partial charge in [0.05, 0.1) is 11.5 Å². The van der Waals surface area contributed by atoms with Gasteiger partial charge in [0.15, 0.2) is 6.20 Å². The quantitative estimate of drug-likeness (QED) is 0.243. The molecule has 1 atom stereocenters. The summed E-state index contributed by atoms with van der Waals surface area (Å²) in [6, 6.07) is 38.8. The summed E-state index contributed by atoms with van der Waals surface area (Å²) in [5.41, 5.74) is 10.1. The maximum atomic E-state index is 3.72. The molecule has 0 spiro atoms. The second-order valence-corrected chi connectivity index (χ2v) is 9.01. The third-order valence-corrected chi connectivity index (χ3v) is 6.98. The summed E-state index contributed by atoms with van der Waals surface area (Å²) < 4.78 is 4.77. The molecule has 7 rings (SSSR count). The molecule has 2 heteroatoms. The molecule has 0 amide bonds. The van der Waals surface area contributed by atoms with Gasteiger partial charge >= 0.3 is 5.66 Å². The van der Waals surface area contributed by atoms with Crippen LogP contribution >= 0.6 is 0 Å². The van der Waals surface area contributed by atoms with Crippen molar-refractivity contribution in [3.8, 4) is 45.6 Å². The van der Waals surface area contributed by atoms with Crippen LogP contribution in [0.25, 0.3) is 33.8 Å². The summed E-state index contributed by atoms with van der Waals surface area (Å²) in [6.45, 7) is 2.13. The number of aromatic nitrogens is 2. The first kappa shape index (κ1) is 19.0. The molecule has 0 N–H and O–H groups in total. The first-order valence-electron chi connectivity index (χ1n) is 11.6. The topological polar surface area (TPSA) is 7.76 Å². The molecule has 2 aliphatic rings. The van der Waals surface area contributed by atoms with Gasteiger partial charge in [-0.3, -0.25) is 0 Å². The molecule has 3 aromatic carbocycles. The third kappa shape index (κ3) is 2.53. The highest BCUT2D eigenvalue weighted by atomic mass is 15.3. The van der Waals surface area contributed by atoms with Crippen LogP contribution in [0.15, 0.2) is 115 Å². The number of rotatable bonds is 1. The SMILES string of the molecule is Cc1ccc(-c2cc3[n+]4c(c2)-c2cccc[n+]2C4(C#Cc2ccccc2)c2ccccc2-3)cc1. The number of pyridine rings is 2. The Morgan fingerprint density at radius 3 is 2.24 bits per heavy atom. The standard InChI is InChI=1S/C32H22N2/c1-23-14-16-25(17-15-23)26-21-30-27-11-5-6-12-28(27)32(19-18-24-9-3-2-4-10-24)33-20-8-7-13-29(33)31(22-26)34(30)32/h2-17,20-22H,1H3/q+2. The summed E-state index contributed by atoms with van der Waals surface area (Å²) in [4.78, 5) is 0. The van der Waals surface area contributed by atoms with Gasteiger partial charge in [0, 0.05) is 29.8 Å². The van der Waals surface area contributed by atoms with E-state index in [2.05, 4.69) is 125 Å². The molecule has 34 heavy (non-hydrogen) atoms. The molecule has 0 radical (unpaired) electrons. The first-order chi connectivity index (χ1) is 16.8. The van der Waals surface area contributed by atoms with Gasteiger partial charge in [-0.05, 0) is 48.4 Å². The van der Waals surface area contributed by atoms with Crippen LogP contribution in [0.5, 0.6) is 0 Å². The second kappa shape index (κ2) is 7.01. The largest absolute Gasteiger partial charge is 0.455 e. The Morgan fingerprint density at radius 1 is 0.647 bits per heavy atom. The number of nitrogens with zero attached hydrogens (tertiary/aromatic N) is 2. The number of hydrogen-bond acceptors (Lipinski definition) is 0. The molecule has 1 unspecified atom stereocenters. The zero-order valence-corrected chi connectivity index (χ0v) is 18.9. The second-order valence-electron chi connectivity index (χ2n) is 9.01. The summed E-state index contributed by atoms with van der Waals surface area (Å²) in [7, 11) is 0. The molecule has 0 saturated heterocycles. The van der Waals surface area contributed by atoms with Crippen molar-refractivity contribution in [3.05, 3.63) is 132 Å². The molecule has 2 aromatic heterocycles. The third-order valence-electron chi connectivity index (χ3n) is 6.98. The van der Waals surface area contributed by atoms with E-state index >= 15 is 0 Å². The van der Waals surface area contributed by atoms with Crippen LogP contribution in [-0.4, -0.2) is 0 Å². The average Bonchev–Trinajstić information content (AvgIpc) is 3.35. The van der Waals surface area contributed by atoms with Crippen LogP contribution in [0.1, 0.15) is 16.7 Å². The van der Waals surface area contributed by atoms with Gasteiger partial charge in [-0.2, -0.15) is 0 Å². The molecule has 5 aromatic rings. The minimum atomic E-state index is -0.612. The van der Waals surface area contributed by atoms with Crippen molar-refractivity contribution in [1.29, 1.82) is 0 Å². The van der Waals surface area contributed by atoms with E-state index in [1.54, 1.807) is 0 Å². The maximum Gasteiger partial charge on any atom is 0.455 e. The van der Waals surface area contributed by atoms with E-state index in [0.717, 1.165) is 5.56 Å². The lowest BCUT2D eigenvalue weighted by Crippen LogP contribution is -2.67. The highest BCUT2D eigenvalue weighted by Gasteiger charge is 2.66. The molecule has 2 nitrogen and oxygen atoms in total. The van der Waals surface area contributed by atoms with Crippen LogP contribution in [0.2, 0.25) is 0 Å². The Kier molecular flexibility index (Phi) is 3.92. The van der Waals surface area contributed by atoms with Crippen LogP contribution < -0.4 is 9.13 Å². The van der Waals surface area contributed by atoms with Crippen LogP contribution in [-0.2, 0) is 5.66 Å². The van der Waals surface area contributed by atoms with Gasteiger partial charge in [-0.25, -0.2) is 0 Å². The highest BCUT2D eigenvalue weighted by molar-refractivity contribution is 5.77. The van der Waals surface area contributed by atoms with E-state index < -0.39 is 5.66 Å². The molecule has 0 bridgehead atoms. The van der Waals surface area contributed by atoms with Crippen molar-refractivity contribution in [2.75, 3.05) is 0 Å². The van der Waals surface area contributed by atoms with Crippen molar-refractivity contribution < 1.29 is 9.13 Å². The van der Waals surface area contributed by atoms with E-state index in [1.807, 2.05) is 18.2 Å². The summed E-state index contributed by atoms with van der Waals surface area (Å²) >= 11 is 0. The van der Waals surface area contributed by atoms with E-state index in [1.165, 1.54) is 44.9 Å². The Hall–Kier alpha value is -4.48. The average molecular weight is 435 g/mol. The van der Waals surface area contributed by atoms with Crippen molar-refractivity contribution in [1.82, 2.24) is 0 Å². The minimum absolute atomic E-state index is 0.612. The smallest absolute Gasteiger partial charge is 0.112 e. The van der Waals surface area contributed by atoms with Gasteiger partial charge < -0.3 is 0 Å². The van der Waals surface area contributed by atoms with E-state index in [4.69, 9.17) is 0 Å². The fourth-order valence-corrected chi connectivity index (χ4v) is 5.41. The van der Waals surface area contributed by atoms with Gasteiger partial charge in [-0.1, -0.05) is 66.1 Å². The van der Waals surface area contributed by atoms with E-state index in [0.29, 0.717) is 0 Å². The normalized spacial score (nSPS) is 16.3. The molecule has 158 valence electrons. The predicted molar refractivity (Wildman–Crippen MR) is 134 cm³/mol. The van der Waals surface area contributed by atoms with Crippen LogP contribution in [0.3, 0.4) is 0 Å². The summed E-state index contributed by atoms with van der Waals surface area (Å²) in [5.74, 6) is 7.22. The Bertz CT molecular complexity index is 1580. The van der Waals surface area contributed by atoms with Crippen molar-refractivity contribution in [2.24, 2.45) is 0 Å². The number of hydrogen-bond donors (Lipinski definition) is 0. The Labute approximate surface area is 199 Å². The number of aryl methyl sites for hydroxylation is 1. The van der Waals surface area contributed by atoms with Crippen LogP contribution in [0, 0.1) is 18.8 Å². The van der Waals surface area contributed by atoms with Gasteiger partial charge in [0.25, 0.3) is 11.4 Å². The Balaban J connectivity index is 1.58. The van der Waals surface area contributed by atoms with E-state index in [9.17, 15) is 0 Å². The van der Waals surface area contributed by atoms with Crippen LogP contribution in [0.4, 0.5) is 0 Å². The molecule has 0 fully saturated rings. The zero-order chi connectivity index (χ0) is 22.7. The van der Waals surface area contributed by atoms with Crippen molar-refractivity contribution in [2.45, 2.75) is 12.6 Å². The fraction of sp³-hybridized carbons (Fsp3) is 0.0625. The lowest BCUT2D eigenvalue weighted by molar-refractivity contribution is -0.924. The summed E-state index contributed by atoms with van der Waals surface area (Å²) in [5, 5.41) is 0. The molecule has 4 heterocycles. The van der Waals surface area contributed by atoms with Gasteiger partial charge in [0.1, 0.15) is 5.56 Å². The first-order valence-corrected chi connectivity index (χ1v) is 11.6. The Morgan fingerprint density at radius 2 is 1.38 bits per heavy atom. The lowest BCUT2D eigenvalue weighted by atomic mass is 9.96. The summed E-state index contributed by atoms with van der Waals surface area (Å²) in [6.07, 6.45) is 2.17. The van der Waals surface area contributed by atoms with Gasteiger partial charge in [0.2, 0.25) is 5.69 Å². The molecule has 0 saturated carbocycles. The zero-order valence-electron chi connectivity index (χ0n) is 18.9. The van der Waals surface area contributed by atoms with Crippen molar-refractivity contribution in [3.63, 3.8) is 0 Å². The number of fused-ring (bicyclic) bond motifs is 6.